The van der Waals surface area contributed by atoms with Crippen LogP contribution in [0, 0.1) is 5.82 Å². The van der Waals surface area contributed by atoms with E-state index in [1.165, 1.54) is 16.3 Å². The van der Waals surface area contributed by atoms with Crippen LogP contribution < -0.4 is 15.5 Å². The summed E-state index contributed by atoms with van der Waals surface area (Å²) >= 11 is 0. The van der Waals surface area contributed by atoms with E-state index in [-0.39, 0.29) is 5.82 Å². The van der Waals surface area contributed by atoms with E-state index < -0.39 is 0 Å². The number of piperazine rings is 1. The maximum Gasteiger partial charge on any atom is 0.125 e. The maximum atomic E-state index is 13.8. The Morgan fingerprint density at radius 2 is 1.67 bits per heavy atom. The van der Waals surface area contributed by atoms with E-state index in [4.69, 9.17) is 0 Å². The first-order valence-corrected chi connectivity index (χ1v) is 9.55. The number of hydrogen-bond acceptors (Lipinski definition) is 3. The lowest BCUT2D eigenvalue weighted by atomic mass is 10.2. The Hall–Kier alpha value is -1.48. The fourth-order valence-corrected chi connectivity index (χ4v) is 4.80. The van der Waals surface area contributed by atoms with Crippen LogP contribution in [0.25, 0.3) is 0 Å². The van der Waals surface area contributed by atoms with Gasteiger partial charge in [-0.2, -0.15) is 0 Å². The quantitative estimate of drug-likeness (QED) is 0.791. The number of likely N-dealkylation sites (N-methyl/N-ethyl adjacent to an activating group) is 1. The predicted octanol–water partition coefficient (Wildman–Crippen LogP) is 2.15. The summed E-state index contributed by atoms with van der Waals surface area (Å²) in [4.78, 5) is 7.19. The molecule has 2 heterocycles. The van der Waals surface area contributed by atoms with Gasteiger partial charge in [-0.3, -0.25) is 4.90 Å². The second kappa shape index (κ2) is 6.79. The van der Waals surface area contributed by atoms with Crippen molar-refractivity contribution in [1.82, 2.24) is 9.80 Å². The number of halogens is 1. The molecule has 0 aromatic heterocycles. The van der Waals surface area contributed by atoms with Crippen LogP contribution in [-0.2, 0) is 0 Å². The lowest BCUT2D eigenvalue weighted by molar-refractivity contribution is 0.157. The molecule has 2 aromatic rings. The van der Waals surface area contributed by atoms with Crippen molar-refractivity contribution in [3.63, 3.8) is 0 Å². The van der Waals surface area contributed by atoms with Crippen molar-refractivity contribution in [3.05, 3.63) is 48.3 Å². The van der Waals surface area contributed by atoms with Crippen molar-refractivity contribution in [2.45, 2.75) is 0 Å². The van der Waals surface area contributed by atoms with Gasteiger partial charge in [0.2, 0.25) is 0 Å². The molecule has 4 rings (SSSR count). The zero-order valence-electron chi connectivity index (χ0n) is 14.0. The Balaban J connectivity index is 1.58. The van der Waals surface area contributed by atoms with Crippen LogP contribution in [0.15, 0.2) is 42.5 Å². The zero-order chi connectivity index (χ0) is 16.5. The van der Waals surface area contributed by atoms with Crippen LogP contribution in [0.3, 0.4) is 0 Å². The number of anilines is 2. The van der Waals surface area contributed by atoms with E-state index in [1.807, 2.05) is 6.07 Å². The highest BCUT2D eigenvalue weighted by molar-refractivity contribution is 7.56. The molecule has 0 N–H and O–H groups in total. The van der Waals surface area contributed by atoms with Crippen LogP contribution in [0.4, 0.5) is 15.8 Å². The number of benzene rings is 2. The monoisotopic (exact) mass is 343 g/mol. The Bertz CT molecular complexity index is 728. The molecule has 1 unspecified atom stereocenters. The molecule has 126 valence electrons. The van der Waals surface area contributed by atoms with Crippen LogP contribution in [-0.4, -0.2) is 56.1 Å². The fourth-order valence-electron chi connectivity index (χ4n) is 3.48. The van der Waals surface area contributed by atoms with Gasteiger partial charge in [0.1, 0.15) is 5.82 Å². The molecule has 3 nitrogen and oxygen atoms in total. The van der Waals surface area contributed by atoms with E-state index in [2.05, 4.69) is 46.0 Å². The van der Waals surface area contributed by atoms with Gasteiger partial charge >= 0.3 is 0 Å². The first-order valence-electron chi connectivity index (χ1n) is 8.55. The van der Waals surface area contributed by atoms with E-state index >= 15 is 0 Å². The highest BCUT2D eigenvalue weighted by atomic mass is 31.1. The lowest BCUT2D eigenvalue weighted by Crippen LogP contribution is -2.47. The fraction of sp³-hybridized carbons (Fsp3) is 0.368. The van der Waals surface area contributed by atoms with Gasteiger partial charge in [0.15, 0.2) is 0 Å². The number of nitrogens with zero attached hydrogens (tertiary/aromatic N) is 3. The average molecular weight is 343 g/mol. The van der Waals surface area contributed by atoms with Crippen LogP contribution in [0.5, 0.6) is 0 Å². The van der Waals surface area contributed by atoms with E-state index in [0.29, 0.717) is 8.58 Å². The van der Waals surface area contributed by atoms with Crippen LogP contribution in [0.1, 0.15) is 0 Å². The molecule has 0 aliphatic carbocycles. The molecule has 0 bridgehead atoms. The van der Waals surface area contributed by atoms with Gasteiger partial charge in [0.05, 0.1) is 5.69 Å². The van der Waals surface area contributed by atoms with Crippen molar-refractivity contribution in [3.8, 4) is 0 Å². The third-order valence-electron chi connectivity index (χ3n) is 4.95. The molecule has 0 amide bonds. The molecule has 1 saturated heterocycles. The highest BCUT2D eigenvalue weighted by Gasteiger charge is 2.24. The molecule has 2 aliphatic rings. The minimum Gasteiger partial charge on any atom is -0.339 e. The lowest BCUT2D eigenvalue weighted by Gasteiger charge is -2.37. The Morgan fingerprint density at radius 1 is 0.917 bits per heavy atom. The van der Waals surface area contributed by atoms with Crippen molar-refractivity contribution >= 4 is 30.6 Å². The van der Waals surface area contributed by atoms with Gasteiger partial charge in [-0.05, 0) is 31.3 Å². The van der Waals surface area contributed by atoms with E-state index in [1.54, 1.807) is 12.1 Å². The van der Waals surface area contributed by atoms with Gasteiger partial charge in [-0.15, -0.1) is 0 Å². The van der Waals surface area contributed by atoms with Gasteiger partial charge < -0.3 is 9.80 Å². The van der Waals surface area contributed by atoms with Crippen molar-refractivity contribution in [2.24, 2.45) is 0 Å². The van der Waals surface area contributed by atoms with Crippen LogP contribution in [0.2, 0.25) is 0 Å². The second-order valence-corrected chi connectivity index (χ2v) is 7.93. The number of fused-ring (bicyclic) bond motifs is 2. The normalized spacial score (nSPS) is 19.3. The first kappa shape index (κ1) is 16.0. The summed E-state index contributed by atoms with van der Waals surface area (Å²) in [6.45, 7) is 6.41. The molecule has 1 fully saturated rings. The summed E-state index contributed by atoms with van der Waals surface area (Å²) in [5.74, 6) is -0.150. The number of hydrogen-bond donors (Lipinski definition) is 0. The number of para-hydroxylation sites is 1. The molecule has 5 heteroatoms. The van der Waals surface area contributed by atoms with Gasteiger partial charge in [0.25, 0.3) is 0 Å². The van der Waals surface area contributed by atoms with E-state index in [0.717, 1.165) is 45.0 Å². The molecule has 2 aromatic carbocycles. The van der Waals surface area contributed by atoms with E-state index in [9.17, 15) is 4.39 Å². The molecule has 0 radical (unpaired) electrons. The largest absolute Gasteiger partial charge is 0.339 e. The first-order chi connectivity index (χ1) is 11.7. The third-order valence-corrected chi connectivity index (χ3v) is 6.33. The Kier molecular flexibility index (Phi) is 4.53. The summed E-state index contributed by atoms with van der Waals surface area (Å²) in [7, 11) is 2.78. The van der Waals surface area contributed by atoms with Crippen molar-refractivity contribution in [2.75, 3.05) is 51.2 Å². The van der Waals surface area contributed by atoms with Crippen molar-refractivity contribution < 1.29 is 4.39 Å². The molecule has 1 atom stereocenters. The standard InChI is InChI=1S/C19H23FN3P/c1-21-8-10-22(11-9-21)12-13-23-16-4-2-3-5-18(16)24-19-7-6-15(20)14-17(19)23/h2-7,14,24H,8-13H2,1H3. The van der Waals surface area contributed by atoms with Gasteiger partial charge in [-0.1, -0.05) is 26.8 Å². The zero-order valence-corrected chi connectivity index (χ0v) is 15.0. The third kappa shape index (κ3) is 3.19. The minimum absolute atomic E-state index is 0.150. The van der Waals surface area contributed by atoms with Crippen LogP contribution >= 0.6 is 8.58 Å². The predicted molar refractivity (Wildman–Crippen MR) is 101 cm³/mol. The topological polar surface area (TPSA) is 9.72 Å². The van der Waals surface area contributed by atoms with Crippen molar-refractivity contribution in [1.29, 1.82) is 0 Å². The Morgan fingerprint density at radius 3 is 2.50 bits per heavy atom. The number of rotatable bonds is 3. The molecular formula is C19H23FN3P. The minimum atomic E-state index is -0.150. The molecule has 0 saturated carbocycles. The molecule has 24 heavy (non-hydrogen) atoms. The molecule has 2 aliphatic heterocycles. The molecule has 0 spiro atoms. The highest BCUT2D eigenvalue weighted by Crippen LogP contribution is 2.35. The smallest absolute Gasteiger partial charge is 0.125 e. The Labute approximate surface area is 144 Å². The second-order valence-electron chi connectivity index (χ2n) is 6.60. The summed E-state index contributed by atoms with van der Waals surface area (Å²) in [6.07, 6.45) is 0. The summed E-state index contributed by atoms with van der Waals surface area (Å²) in [6, 6.07) is 13.8. The molecular weight excluding hydrogens is 320 g/mol. The summed E-state index contributed by atoms with van der Waals surface area (Å²) < 4.78 is 13.8. The van der Waals surface area contributed by atoms with Gasteiger partial charge in [-0.25, -0.2) is 4.39 Å². The summed E-state index contributed by atoms with van der Waals surface area (Å²) in [5, 5.41) is 2.60. The van der Waals surface area contributed by atoms with Gasteiger partial charge in [0, 0.05) is 55.6 Å². The SMILES string of the molecule is CN1CCN(CCN2c3ccccc3Pc3ccc(F)cc32)CC1. The summed E-state index contributed by atoms with van der Waals surface area (Å²) in [5.41, 5.74) is 2.28. The maximum absolute atomic E-state index is 13.8. The average Bonchev–Trinajstić information content (AvgIpc) is 2.60.